The second kappa shape index (κ2) is 11.2. The van der Waals surface area contributed by atoms with Crippen molar-refractivity contribution in [1.82, 2.24) is 24.2 Å². The Morgan fingerprint density at radius 1 is 1.15 bits per heavy atom. The summed E-state index contributed by atoms with van der Waals surface area (Å²) in [6.45, 7) is 10.6. The van der Waals surface area contributed by atoms with Gasteiger partial charge in [-0.25, -0.2) is 9.67 Å². The molecule has 0 spiro atoms. The molecule has 3 heterocycles. The van der Waals surface area contributed by atoms with Gasteiger partial charge in [-0.3, -0.25) is 19.1 Å². The zero-order valence-corrected chi connectivity index (χ0v) is 20.8. The van der Waals surface area contributed by atoms with Crippen LogP contribution in [0.15, 0.2) is 46.5 Å². The first kappa shape index (κ1) is 24.4. The van der Waals surface area contributed by atoms with Gasteiger partial charge in [-0.15, -0.1) is 0 Å². The predicted molar refractivity (Wildman–Crippen MR) is 134 cm³/mol. The van der Waals surface area contributed by atoms with Gasteiger partial charge in [-0.05, 0) is 39.3 Å². The topological polar surface area (TPSA) is 94.3 Å². The van der Waals surface area contributed by atoms with Gasteiger partial charge in [0.15, 0.2) is 5.16 Å². The summed E-state index contributed by atoms with van der Waals surface area (Å²) in [5, 5.41) is 7.93. The van der Waals surface area contributed by atoms with E-state index in [0.29, 0.717) is 28.4 Å². The minimum absolute atomic E-state index is 0.0689. The molecule has 182 valence electrons. The lowest BCUT2D eigenvalue weighted by Crippen LogP contribution is -2.37. The number of hydrogen-bond acceptors (Lipinski definition) is 7. The summed E-state index contributed by atoms with van der Waals surface area (Å²) < 4.78 is 8.91. The van der Waals surface area contributed by atoms with Gasteiger partial charge in [0.1, 0.15) is 5.82 Å². The molecule has 0 unspecified atom stereocenters. The number of ether oxygens (including phenoxy) is 1. The molecule has 10 heteroatoms. The average Bonchev–Trinajstić information content (AvgIpc) is 3.30. The molecule has 1 amide bonds. The lowest BCUT2D eigenvalue weighted by atomic mass is 10.2. The number of nitrogens with one attached hydrogen (secondary N) is 1. The number of hydrogen-bond donors (Lipinski definition) is 1. The molecule has 0 bridgehead atoms. The standard InChI is InChI=1S/C24H32N6O3S/c1-17(2)30-21(9-10-25-30)27-22(31)18(3)34-24-26-20-8-5-4-7-19(20)23(32)29(24)12-6-11-28-13-15-33-16-14-28/h4-5,7-10,17-18H,6,11-16H2,1-3H3,(H,27,31)/t18-/m0/s1. The maximum Gasteiger partial charge on any atom is 0.262 e. The minimum atomic E-state index is -0.450. The fourth-order valence-electron chi connectivity index (χ4n) is 3.98. The van der Waals surface area contributed by atoms with Crippen molar-refractivity contribution in [3.63, 3.8) is 0 Å². The van der Waals surface area contributed by atoms with Crippen LogP contribution in [0.3, 0.4) is 0 Å². The van der Waals surface area contributed by atoms with E-state index in [9.17, 15) is 9.59 Å². The summed E-state index contributed by atoms with van der Waals surface area (Å²) in [7, 11) is 0. The molecule has 9 nitrogen and oxygen atoms in total. The Hall–Kier alpha value is -2.69. The molecule has 0 aliphatic carbocycles. The predicted octanol–water partition coefficient (Wildman–Crippen LogP) is 3.02. The molecule has 1 aromatic carbocycles. The highest BCUT2D eigenvalue weighted by Gasteiger charge is 2.21. The summed E-state index contributed by atoms with van der Waals surface area (Å²) in [5.74, 6) is 0.497. The number of anilines is 1. The first-order valence-corrected chi connectivity index (χ1v) is 12.6. The largest absolute Gasteiger partial charge is 0.379 e. The molecule has 1 fully saturated rings. The number of fused-ring (bicyclic) bond motifs is 1. The second-order valence-electron chi connectivity index (χ2n) is 8.68. The number of nitrogens with zero attached hydrogens (tertiary/aromatic N) is 5. The fourth-order valence-corrected chi connectivity index (χ4v) is 4.91. The third kappa shape index (κ3) is 5.68. The van der Waals surface area contributed by atoms with E-state index in [0.717, 1.165) is 39.3 Å². The average molecular weight is 485 g/mol. The van der Waals surface area contributed by atoms with Crippen LogP contribution in [-0.4, -0.2) is 68.2 Å². The number of thioether (sulfide) groups is 1. The summed E-state index contributed by atoms with van der Waals surface area (Å²) in [6.07, 6.45) is 2.49. The molecular formula is C24H32N6O3S. The van der Waals surface area contributed by atoms with Crippen LogP contribution in [0.5, 0.6) is 0 Å². The van der Waals surface area contributed by atoms with Gasteiger partial charge in [0.05, 0.1) is 35.6 Å². The molecule has 1 atom stereocenters. The lowest BCUT2D eigenvalue weighted by molar-refractivity contribution is -0.115. The Morgan fingerprint density at radius 2 is 1.91 bits per heavy atom. The number of benzene rings is 1. The minimum Gasteiger partial charge on any atom is -0.379 e. The number of amides is 1. The number of rotatable bonds is 9. The molecule has 1 N–H and O–H groups in total. The van der Waals surface area contributed by atoms with E-state index in [4.69, 9.17) is 9.72 Å². The smallest absolute Gasteiger partial charge is 0.262 e. The van der Waals surface area contributed by atoms with E-state index in [1.54, 1.807) is 27.6 Å². The third-order valence-electron chi connectivity index (χ3n) is 5.85. The van der Waals surface area contributed by atoms with Crippen molar-refractivity contribution in [3.8, 4) is 0 Å². The Kier molecular flexibility index (Phi) is 8.02. The molecule has 2 aromatic heterocycles. The van der Waals surface area contributed by atoms with Crippen molar-refractivity contribution in [2.75, 3.05) is 38.2 Å². The summed E-state index contributed by atoms with van der Waals surface area (Å²) in [6, 6.07) is 9.28. The normalized spacial score (nSPS) is 15.6. The van der Waals surface area contributed by atoms with Crippen LogP contribution >= 0.6 is 11.8 Å². The first-order chi connectivity index (χ1) is 16.4. The number of morpholine rings is 1. The van der Waals surface area contributed by atoms with Gasteiger partial charge in [0, 0.05) is 38.3 Å². The van der Waals surface area contributed by atoms with Crippen molar-refractivity contribution < 1.29 is 9.53 Å². The van der Waals surface area contributed by atoms with E-state index in [-0.39, 0.29) is 17.5 Å². The number of carbonyl (C=O) groups excluding carboxylic acids is 1. The maximum absolute atomic E-state index is 13.3. The van der Waals surface area contributed by atoms with Crippen molar-refractivity contribution in [3.05, 3.63) is 46.9 Å². The molecule has 4 rings (SSSR count). The Balaban J connectivity index is 1.52. The van der Waals surface area contributed by atoms with Crippen LogP contribution in [-0.2, 0) is 16.1 Å². The van der Waals surface area contributed by atoms with Gasteiger partial charge >= 0.3 is 0 Å². The van der Waals surface area contributed by atoms with Crippen molar-refractivity contribution in [2.24, 2.45) is 0 Å². The monoisotopic (exact) mass is 484 g/mol. The van der Waals surface area contributed by atoms with Crippen LogP contribution < -0.4 is 10.9 Å². The van der Waals surface area contributed by atoms with E-state index in [2.05, 4.69) is 15.3 Å². The maximum atomic E-state index is 13.3. The van der Waals surface area contributed by atoms with Crippen molar-refractivity contribution in [1.29, 1.82) is 0 Å². The van der Waals surface area contributed by atoms with Crippen LogP contribution in [0.4, 0.5) is 5.82 Å². The van der Waals surface area contributed by atoms with Gasteiger partial charge < -0.3 is 10.1 Å². The van der Waals surface area contributed by atoms with Crippen molar-refractivity contribution >= 4 is 34.4 Å². The first-order valence-electron chi connectivity index (χ1n) is 11.7. The van der Waals surface area contributed by atoms with Crippen molar-refractivity contribution in [2.45, 2.75) is 50.2 Å². The fraction of sp³-hybridized carbons (Fsp3) is 0.500. The Morgan fingerprint density at radius 3 is 2.68 bits per heavy atom. The van der Waals surface area contributed by atoms with E-state index in [1.165, 1.54) is 11.8 Å². The van der Waals surface area contributed by atoms with Gasteiger partial charge in [0.2, 0.25) is 5.91 Å². The van der Waals surface area contributed by atoms with E-state index < -0.39 is 5.25 Å². The van der Waals surface area contributed by atoms with Gasteiger partial charge in [0.25, 0.3) is 5.56 Å². The summed E-state index contributed by atoms with van der Waals surface area (Å²) >= 11 is 1.31. The Bertz CT molecular complexity index is 1180. The molecule has 0 saturated carbocycles. The molecule has 1 aliphatic heterocycles. The third-order valence-corrected chi connectivity index (χ3v) is 6.94. The number of aromatic nitrogens is 4. The number of carbonyl (C=O) groups is 1. The second-order valence-corrected chi connectivity index (χ2v) is 9.99. The lowest BCUT2D eigenvalue weighted by Gasteiger charge is -2.26. The highest BCUT2D eigenvalue weighted by Crippen LogP contribution is 2.24. The summed E-state index contributed by atoms with van der Waals surface area (Å²) in [5.41, 5.74) is 0.575. The van der Waals surface area contributed by atoms with Crippen LogP contribution in [0.1, 0.15) is 33.2 Å². The molecule has 34 heavy (non-hydrogen) atoms. The van der Waals surface area contributed by atoms with Gasteiger partial charge in [-0.2, -0.15) is 5.10 Å². The highest BCUT2D eigenvalue weighted by atomic mass is 32.2. The van der Waals surface area contributed by atoms with Crippen LogP contribution in [0, 0.1) is 0 Å². The van der Waals surface area contributed by atoms with Crippen LogP contribution in [0.25, 0.3) is 10.9 Å². The molecule has 1 saturated heterocycles. The molecule has 0 radical (unpaired) electrons. The Labute approximate surface area is 203 Å². The molecule has 3 aromatic rings. The van der Waals surface area contributed by atoms with E-state index >= 15 is 0 Å². The SMILES string of the molecule is CC(C)n1nccc1NC(=O)[C@H](C)Sc1nc2ccccc2c(=O)n1CCCN1CCOCC1. The van der Waals surface area contributed by atoms with Gasteiger partial charge in [-0.1, -0.05) is 23.9 Å². The van der Waals surface area contributed by atoms with E-state index in [1.807, 2.05) is 39.0 Å². The highest BCUT2D eigenvalue weighted by molar-refractivity contribution is 8.00. The molecule has 1 aliphatic rings. The number of para-hydroxylation sites is 1. The quantitative estimate of drug-likeness (QED) is 0.369. The zero-order chi connectivity index (χ0) is 24.1. The zero-order valence-electron chi connectivity index (χ0n) is 19.9. The van der Waals surface area contributed by atoms with Crippen LogP contribution in [0.2, 0.25) is 0 Å². The summed E-state index contributed by atoms with van der Waals surface area (Å²) in [4.78, 5) is 33.4. The molecular weight excluding hydrogens is 452 g/mol.